The maximum atomic E-state index is 11.0. The number of aromatic carboxylic acids is 1. The van der Waals surface area contributed by atoms with Gasteiger partial charge < -0.3 is 9.84 Å². The lowest BCUT2D eigenvalue weighted by Crippen LogP contribution is -1.94. The van der Waals surface area contributed by atoms with Gasteiger partial charge >= 0.3 is 5.97 Å². The molecule has 1 heterocycles. The number of benzene rings is 2. The van der Waals surface area contributed by atoms with Crippen molar-refractivity contribution in [1.29, 1.82) is 0 Å². The second kappa shape index (κ2) is 4.98. The minimum absolute atomic E-state index is 0.312. The van der Waals surface area contributed by atoms with Crippen LogP contribution in [0.15, 0.2) is 48.5 Å². The number of hydrogen-bond donors (Lipinski definition) is 1. The van der Waals surface area contributed by atoms with Crippen LogP contribution >= 0.6 is 11.3 Å². The van der Waals surface area contributed by atoms with Gasteiger partial charge in [0.15, 0.2) is 0 Å². The van der Waals surface area contributed by atoms with Crippen LogP contribution in [-0.4, -0.2) is 18.2 Å². The minimum Gasteiger partial charge on any atom is -0.497 e. The first-order valence-corrected chi connectivity index (χ1v) is 6.90. The average Bonchev–Trinajstić information content (AvgIpc) is 2.90. The Bertz CT molecular complexity index is 789. The Kier molecular flexibility index (Phi) is 3.16. The van der Waals surface area contributed by atoms with E-state index in [2.05, 4.69) is 0 Å². The molecule has 0 aliphatic rings. The van der Waals surface area contributed by atoms with Crippen molar-refractivity contribution in [3.05, 3.63) is 54.1 Å². The predicted octanol–water partition coefficient (Wildman–Crippen LogP) is 4.28. The van der Waals surface area contributed by atoms with Gasteiger partial charge in [-0.1, -0.05) is 12.1 Å². The number of hydrogen-bond acceptors (Lipinski definition) is 3. The van der Waals surface area contributed by atoms with Gasteiger partial charge in [-0.3, -0.25) is 0 Å². The topological polar surface area (TPSA) is 46.5 Å². The molecule has 0 radical (unpaired) electrons. The SMILES string of the molecule is COc1cccc(-c2cc3cc(C(=O)O)ccc3s2)c1. The first-order valence-electron chi connectivity index (χ1n) is 6.09. The molecule has 20 heavy (non-hydrogen) atoms. The number of carboxylic acids is 1. The summed E-state index contributed by atoms with van der Waals surface area (Å²) in [7, 11) is 1.64. The maximum Gasteiger partial charge on any atom is 0.335 e. The molecule has 3 aromatic rings. The third-order valence-corrected chi connectivity index (χ3v) is 4.28. The lowest BCUT2D eigenvalue weighted by molar-refractivity contribution is 0.0697. The molecule has 3 nitrogen and oxygen atoms in total. The highest BCUT2D eigenvalue weighted by Crippen LogP contribution is 2.35. The van der Waals surface area contributed by atoms with Crippen molar-refractivity contribution in [3.63, 3.8) is 0 Å². The molecule has 2 aromatic carbocycles. The number of thiophene rings is 1. The number of ether oxygens (including phenoxy) is 1. The lowest BCUT2D eigenvalue weighted by atomic mass is 10.1. The zero-order valence-corrected chi connectivity index (χ0v) is 11.6. The van der Waals surface area contributed by atoms with E-state index in [1.54, 1.807) is 30.6 Å². The standard InChI is InChI=1S/C16H12O3S/c1-19-13-4-2-3-10(8-13)15-9-12-7-11(16(17)18)5-6-14(12)20-15/h2-9H,1H3,(H,17,18). The summed E-state index contributed by atoms with van der Waals surface area (Å²) in [5.74, 6) is -0.0905. The van der Waals surface area contributed by atoms with E-state index in [1.165, 1.54) is 0 Å². The summed E-state index contributed by atoms with van der Waals surface area (Å²) >= 11 is 1.64. The molecule has 0 spiro atoms. The summed E-state index contributed by atoms with van der Waals surface area (Å²) in [6.45, 7) is 0. The van der Waals surface area contributed by atoms with Gasteiger partial charge in [0.1, 0.15) is 5.75 Å². The molecule has 0 bridgehead atoms. The fourth-order valence-electron chi connectivity index (χ4n) is 2.09. The van der Waals surface area contributed by atoms with Crippen LogP contribution in [0.25, 0.3) is 20.5 Å². The molecule has 0 saturated carbocycles. The molecule has 3 rings (SSSR count). The highest BCUT2D eigenvalue weighted by Gasteiger charge is 2.08. The number of fused-ring (bicyclic) bond motifs is 1. The van der Waals surface area contributed by atoms with Crippen LogP contribution in [0.1, 0.15) is 10.4 Å². The zero-order valence-electron chi connectivity index (χ0n) is 10.8. The first kappa shape index (κ1) is 12.7. The molecule has 0 amide bonds. The van der Waals surface area contributed by atoms with Crippen LogP contribution < -0.4 is 4.74 Å². The summed E-state index contributed by atoms with van der Waals surface area (Å²) in [6, 6.07) is 15.1. The zero-order chi connectivity index (χ0) is 14.1. The van der Waals surface area contributed by atoms with Crippen molar-refractivity contribution in [2.75, 3.05) is 7.11 Å². The molecule has 1 aromatic heterocycles. The Morgan fingerprint density at radius 1 is 1.15 bits per heavy atom. The maximum absolute atomic E-state index is 11.0. The van der Waals surface area contributed by atoms with Gasteiger partial charge in [0, 0.05) is 9.58 Å². The molecule has 0 fully saturated rings. The molecule has 0 unspecified atom stereocenters. The fraction of sp³-hybridized carbons (Fsp3) is 0.0625. The van der Waals surface area contributed by atoms with Crippen molar-refractivity contribution in [2.24, 2.45) is 0 Å². The van der Waals surface area contributed by atoms with Gasteiger partial charge in [0.25, 0.3) is 0 Å². The number of rotatable bonds is 3. The van der Waals surface area contributed by atoms with E-state index in [0.717, 1.165) is 26.3 Å². The highest BCUT2D eigenvalue weighted by molar-refractivity contribution is 7.22. The molecular weight excluding hydrogens is 272 g/mol. The molecule has 4 heteroatoms. The quantitative estimate of drug-likeness (QED) is 0.781. The van der Waals surface area contributed by atoms with E-state index in [9.17, 15) is 4.79 Å². The second-order valence-electron chi connectivity index (χ2n) is 4.40. The van der Waals surface area contributed by atoms with Crippen LogP contribution in [0.3, 0.4) is 0 Å². The lowest BCUT2D eigenvalue weighted by Gasteiger charge is -2.01. The van der Waals surface area contributed by atoms with Crippen molar-refractivity contribution in [3.8, 4) is 16.2 Å². The number of carboxylic acid groups (broad SMARTS) is 1. The van der Waals surface area contributed by atoms with Crippen molar-refractivity contribution in [2.45, 2.75) is 0 Å². The summed E-state index contributed by atoms with van der Waals surface area (Å²) in [5, 5.41) is 9.97. The van der Waals surface area contributed by atoms with Gasteiger partial charge in [-0.05, 0) is 47.3 Å². The molecule has 0 saturated heterocycles. The normalized spacial score (nSPS) is 10.7. The van der Waals surface area contributed by atoms with E-state index in [-0.39, 0.29) is 0 Å². The molecule has 0 aliphatic carbocycles. The average molecular weight is 284 g/mol. The Hall–Kier alpha value is -2.33. The minimum atomic E-state index is -0.902. The third kappa shape index (κ3) is 2.26. The van der Waals surface area contributed by atoms with Crippen molar-refractivity contribution >= 4 is 27.4 Å². The van der Waals surface area contributed by atoms with Gasteiger partial charge in [-0.15, -0.1) is 11.3 Å². The van der Waals surface area contributed by atoms with E-state index in [0.29, 0.717) is 5.56 Å². The highest BCUT2D eigenvalue weighted by atomic mass is 32.1. The van der Waals surface area contributed by atoms with Crippen molar-refractivity contribution in [1.82, 2.24) is 0 Å². The molecule has 0 atom stereocenters. The predicted molar refractivity (Wildman–Crippen MR) is 80.8 cm³/mol. The third-order valence-electron chi connectivity index (χ3n) is 3.12. The van der Waals surface area contributed by atoms with Crippen molar-refractivity contribution < 1.29 is 14.6 Å². The second-order valence-corrected chi connectivity index (χ2v) is 5.48. The Morgan fingerprint density at radius 2 is 2.00 bits per heavy atom. The van der Waals surface area contributed by atoms with E-state index >= 15 is 0 Å². The van der Waals surface area contributed by atoms with Gasteiger partial charge in [0.05, 0.1) is 12.7 Å². The number of carbonyl (C=O) groups is 1. The largest absolute Gasteiger partial charge is 0.497 e. The fourth-order valence-corrected chi connectivity index (χ4v) is 3.13. The van der Waals surface area contributed by atoms with E-state index in [4.69, 9.17) is 9.84 Å². The Balaban J connectivity index is 2.10. The summed E-state index contributed by atoms with van der Waals surface area (Å²) in [4.78, 5) is 12.1. The van der Waals surface area contributed by atoms with E-state index in [1.807, 2.05) is 36.4 Å². The van der Waals surface area contributed by atoms with Gasteiger partial charge in [-0.2, -0.15) is 0 Å². The van der Waals surface area contributed by atoms with Crippen LogP contribution in [0, 0.1) is 0 Å². The van der Waals surface area contributed by atoms with Gasteiger partial charge in [0.2, 0.25) is 0 Å². The number of methoxy groups -OCH3 is 1. The van der Waals surface area contributed by atoms with Crippen LogP contribution in [0.4, 0.5) is 0 Å². The smallest absolute Gasteiger partial charge is 0.335 e. The van der Waals surface area contributed by atoms with Crippen LogP contribution in [-0.2, 0) is 0 Å². The van der Waals surface area contributed by atoms with Crippen LogP contribution in [0.5, 0.6) is 5.75 Å². The monoisotopic (exact) mass is 284 g/mol. The first-order chi connectivity index (χ1) is 9.67. The van der Waals surface area contributed by atoms with E-state index < -0.39 is 5.97 Å². The molecular formula is C16H12O3S. The molecule has 1 N–H and O–H groups in total. The van der Waals surface area contributed by atoms with Gasteiger partial charge in [-0.25, -0.2) is 4.79 Å². The molecule has 0 aliphatic heterocycles. The summed E-state index contributed by atoms with van der Waals surface area (Å²) in [6.07, 6.45) is 0. The van der Waals surface area contributed by atoms with Crippen LogP contribution in [0.2, 0.25) is 0 Å². The summed E-state index contributed by atoms with van der Waals surface area (Å²) < 4.78 is 6.30. The molecule has 100 valence electrons. The summed E-state index contributed by atoms with van der Waals surface area (Å²) in [5.41, 5.74) is 1.38. The Labute approximate surface area is 120 Å². The Morgan fingerprint density at radius 3 is 2.75 bits per heavy atom.